The molecule has 4 nitrogen and oxygen atoms in total. The van der Waals surface area contributed by atoms with Crippen LogP contribution in [0.1, 0.15) is 5.56 Å². The average Bonchev–Trinajstić information content (AvgIpc) is 2.64. The Morgan fingerprint density at radius 3 is 2.50 bits per heavy atom. The number of hydrogen-bond donors (Lipinski definition) is 1. The highest BCUT2D eigenvalue weighted by Gasteiger charge is 2.07. The number of anilines is 3. The minimum absolute atomic E-state index is 0.665. The van der Waals surface area contributed by atoms with Gasteiger partial charge in [0.05, 0.1) is 0 Å². The molecule has 0 spiro atoms. The van der Waals surface area contributed by atoms with E-state index in [9.17, 15) is 0 Å². The molecule has 0 amide bonds. The zero-order valence-corrected chi connectivity index (χ0v) is 14.2. The van der Waals surface area contributed by atoms with E-state index < -0.39 is 0 Å². The van der Waals surface area contributed by atoms with Crippen LogP contribution in [0.3, 0.4) is 0 Å². The van der Waals surface area contributed by atoms with E-state index in [2.05, 4.69) is 15.3 Å². The third kappa shape index (κ3) is 4.24. The maximum absolute atomic E-state index is 5.90. The SMILES string of the molecule is CN(c1ccccc1)c1nccc(NCCc2ccc(Cl)cc2)n1. The molecule has 1 N–H and O–H groups in total. The van der Waals surface area contributed by atoms with Gasteiger partial charge in [-0.05, 0) is 42.3 Å². The summed E-state index contributed by atoms with van der Waals surface area (Å²) in [5.74, 6) is 1.48. The molecule has 0 radical (unpaired) electrons. The lowest BCUT2D eigenvalue weighted by molar-refractivity contribution is 0.985. The molecule has 0 atom stereocenters. The van der Waals surface area contributed by atoms with Crippen LogP contribution in [0, 0.1) is 0 Å². The molecule has 3 rings (SSSR count). The Morgan fingerprint density at radius 1 is 1.00 bits per heavy atom. The van der Waals surface area contributed by atoms with Crippen LogP contribution in [-0.4, -0.2) is 23.6 Å². The maximum atomic E-state index is 5.90. The van der Waals surface area contributed by atoms with E-state index in [1.807, 2.05) is 72.6 Å². The van der Waals surface area contributed by atoms with E-state index in [0.29, 0.717) is 5.95 Å². The molecular weight excluding hydrogens is 320 g/mol. The Labute approximate surface area is 147 Å². The fourth-order valence-corrected chi connectivity index (χ4v) is 2.49. The third-order valence-electron chi connectivity index (χ3n) is 3.72. The smallest absolute Gasteiger partial charge is 0.231 e. The summed E-state index contributed by atoms with van der Waals surface area (Å²) in [7, 11) is 1.96. The van der Waals surface area contributed by atoms with Gasteiger partial charge >= 0.3 is 0 Å². The summed E-state index contributed by atoms with van der Waals surface area (Å²) in [6.45, 7) is 0.799. The van der Waals surface area contributed by atoms with Gasteiger partial charge < -0.3 is 10.2 Å². The molecule has 122 valence electrons. The molecule has 0 aliphatic heterocycles. The third-order valence-corrected chi connectivity index (χ3v) is 3.97. The number of aromatic nitrogens is 2. The van der Waals surface area contributed by atoms with Gasteiger partial charge in [-0.3, -0.25) is 0 Å². The number of hydrogen-bond acceptors (Lipinski definition) is 4. The molecule has 0 saturated carbocycles. The fourth-order valence-electron chi connectivity index (χ4n) is 2.36. The van der Waals surface area contributed by atoms with Crippen molar-refractivity contribution in [3.8, 4) is 0 Å². The Kier molecular flexibility index (Phi) is 5.29. The molecule has 2 aromatic carbocycles. The van der Waals surface area contributed by atoms with Crippen molar-refractivity contribution in [2.24, 2.45) is 0 Å². The monoisotopic (exact) mass is 338 g/mol. The van der Waals surface area contributed by atoms with Gasteiger partial charge in [0.1, 0.15) is 5.82 Å². The highest BCUT2D eigenvalue weighted by Crippen LogP contribution is 2.20. The highest BCUT2D eigenvalue weighted by atomic mass is 35.5. The van der Waals surface area contributed by atoms with Crippen LogP contribution in [0.2, 0.25) is 5.02 Å². The Hall–Kier alpha value is -2.59. The fraction of sp³-hybridized carbons (Fsp3) is 0.158. The second kappa shape index (κ2) is 7.79. The van der Waals surface area contributed by atoms with Crippen molar-refractivity contribution in [1.29, 1.82) is 0 Å². The molecule has 1 heterocycles. The molecule has 3 aromatic rings. The number of benzene rings is 2. The average molecular weight is 339 g/mol. The van der Waals surface area contributed by atoms with E-state index in [0.717, 1.165) is 29.5 Å². The summed E-state index contributed by atoms with van der Waals surface area (Å²) in [5, 5.41) is 4.10. The van der Waals surface area contributed by atoms with Crippen LogP contribution in [0.15, 0.2) is 66.9 Å². The maximum Gasteiger partial charge on any atom is 0.231 e. The van der Waals surface area contributed by atoms with E-state index in [1.54, 1.807) is 6.20 Å². The van der Waals surface area contributed by atoms with Crippen molar-refractivity contribution in [3.63, 3.8) is 0 Å². The molecular formula is C19H19ClN4. The van der Waals surface area contributed by atoms with Crippen LogP contribution in [-0.2, 0) is 6.42 Å². The summed E-state index contributed by atoms with van der Waals surface area (Å²) in [5.41, 5.74) is 2.29. The van der Waals surface area contributed by atoms with E-state index >= 15 is 0 Å². The zero-order valence-electron chi connectivity index (χ0n) is 13.5. The van der Waals surface area contributed by atoms with Crippen LogP contribution in [0.4, 0.5) is 17.5 Å². The van der Waals surface area contributed by atoms with Crippen LogP contribution in [0.5, 0.6) is 0 Å². The van der Waals surface area contributed by atoms with Gasteiger partial charge in [-0.2, -0.15) is 4.98 Å². The number of para-hydroxylation sites is 1. The molecule has 0 aliphatic rings. The van der Waals surface area contributed by atoms with Crippen LogP contribution >= 0.6 is 11.6 Å². The molecule has 0 bridgehead atoms. The highest BCUT2D eigenvalue weighted by molar-refractivity contribution is 6.30. The summed E-state index contributed by atoms with van der Waals surface area (Å²) in [6.07, 6.45) is 2.68. The minimum atomic E-state index is 0.665. The van der Waals surface area contributed by atoms with Crippen molar-refractivity contribution in [2.75, 3.05) is 23.8 Å². The molecule has 5 heteroatoms. The lowest BCUT2D eigenvalue weighted by atomic mass is 10.1. The summed E-state index contributed by atoms with van der Waals surface area (Å²) in [6, 6.07) is 19.8. The van der Waals surface area contributed by atoms with Crippen molar-refractivity contribution in [2.45, 2.75) is 6.42 Å². The normalized spacial score (nSPS) is 10.4. The van der Waals surface area contributed by atoms with Crippen molar-refractivity contribution >= 4 is 29.1 Å². The standard InChI is InChI=1S/C19H19ClN4/c1-24(17-5-3-2-4-6-17)19-22-14-12-18(23-19)21-13-11-15-7-9-16(20)10-8-15/h2-10,12,14H,11,13H2,1H3,(H,21,22,23). The number of rotatable bonds is 6. The van der Waals surface area contributed by atoms with Gasteiger partial charge in [0.25, 0.3) is 0 Å². The van der Waals surface area contributed by atoms with Gasteiger partial charge in [-0.15, -0.1) is 0 Å². The topological polar surface area (TPSA) is 41.1 Å². The quantitative estimate of drug-likeness (QED) is 0.715. The van der Waals surface area contributed by atoms with E-state index in [4.69, 9.17) is 11.6 Å². The lowest BCUT2D eigenvalue weighted by Gasteiger charge is -2.17. The first kappa shape index (κ1) is 16.3. The van der Waals surface area contributed by atoms with Gasteiger partial charge in [0, 0.05) is 30.5 Å². The van der Waals surface area contributed by atoms with E-state index in [-0.39, 0.29) is 0 Å². The van der Waals surface area contributed by atoms with Crippen LogP contribution < -0.4 is 10.2 Å². The zero-order chi connectivity index (χ0) is 16.8. The first-order chi connectivity index (χ1) is 11.7. The molecule has 0 unspecified atom stereocenters. The molecule has 0 fully saturated rings. The molecule has 0 saturated heterocycles. The largest absolute Gasteiger partial charge is 0.370 e. The summed E-state index contributed by atoms with van der Waals surface area (Å²) < 4.78 is 0. The second-order valence-electron chi connectivity index (χ2n) is 5.44. The van der Waals surface area contributed by atoms with Gasteiger partial charge in [0.2, 0.25) is 5.95 Å². The predicted octanol–water partition coefficient (Wildman–Crippen LogP) is 4.55. The first-order valence-corrected chi connectivity index (χ1v) is 8.20. The van der Waals surface area contributed by atoms with Gasteiger partial charge in [-0.25, -0.2) is 4.98 Å². The lowest BCUT2D eigenvalue weighted by Crippen LogP contribution is -2.14. The summed E-state index contributed by atoms with van der Waals surface area (Å²) in [4.78, 5) is 10.9. The second-order valence-corrected chi connectivity index (χ2v) is 5.88. The first-order valence-electron chi connectivity index (χ1n) is 7.82. The van der Waals surface area contributed by atoms with Gasteiger partial charge in [0.15, 0.2) is 0 Å². The van der Waals surface area contributed by atoms with Crippen LogP contribution in [0.25, 0.3) is 0 Å². The van der Waals surface area contributed by atoms with E-state index in [1.165, 1.54) is 5.56 Å². The molecule has 1 aromatic heterocycles. The van der Waals surface area contributed by atoms with Crippen molar-refractivity contribution < 1.29 is 0 Å². The van der Waals surface area contributed by atoms with Crippen molar-refractivity contribution in [1.82, 2.24) is 9.97 Å². The number of halogens is 1. The Balaban J connectivity index is 1.62. The minimum Gasteiger partial charge on any atom is -0.370 e. The summed E-state index contributed by atoms with van der Waals surface area (Å²) >= 11 is 5.90. The molecule has 0 aliphatic carbocycles. The Morgan fingerprint density at radius 2 is 1.75 bits per heavy atom. The predicted molar refractivity (Wildman–Crippen MR) is 100 cm³/mol. The van der Waals surface area contributed by atoms with Gasteiger partial charge in [-0.1, -0.05) is 41.9 Å². The number of nitrogens with one attached hydrogen (secondary N) is 1. The van der Waals surface area contributed by atoms with Crippen molar-refractivity contribution in [3.05, 3.63) is 77.4 Å². The Bertz CT molecular complexity index is 775. The molecule has 24 heavy (non-hydrogen) atoms. The number of nitrogens with zero attached hydrogens (tertiary/aromatic N) is 3.